The quantitative estimate of drug-likeness (QED) is 0.346. The number of unbranched alkanes of at least 4 members (excludes halogenated alkanes) is 1. The Kier molecular flexibility index (Phi) is 6.67. The standard InChI is InChI=1S/C24H27FN4O4S2/c1-16-18-15-17(25)7-8-21(18)34-23(16)35(31,32)26-9-2-3-10-28-11-13-29(14-12-28)19-5-4-6-20-22(19)27-24(30)33-20/h4-8,15,26H,2-3,9-14H2,1H3,(H,27,30). The van der Waals surface area contributed by atoms with Gasteiger partial charge in [-0.25, -0.2) is 22.3 Å². The molecule has 1 fully saturated rings. The van der Waals surface area contributed by atoms with Gasteiger partial charge in [-0.2, -0.15) is 0 Å². The van der Waals surface area contributed by atoms with Crippen LogP contribution in [0.2, 0.25) is 0 Å². The highest BCUT2D eigenvalue weighted by atomic mass is 32.2. The number of aromatic nitrogens is 1. The maximum absolute atomic E-state index is 13.6. The summed E-state index contributed by atoms with van der Waals surface area (Å²) >= 11 is 1.17. The van der Waals surface area contributed by atoms with Crippen LogP contribution in [-0.4, -0.2) is 57.6 Å². The number of benzene rings is 2. The first kappa shape index (κ1) is 24.0. The maximum atomic E-state index is 13.6. The molecule has 0 aliphatic carbocycles. The summed E-state index contributed by atoms with van der Waals surface area (Å²) in [6.07, 6.45) is 1.61. The summed E-state index contributed by atoms with van der Waals surface area (Å²) in [5.74, 6) is -0.817. The number of H-pyrrole nitrogens is 1. The number of hydrogen-bond donors (Lipinski definition) is 2. The van der Waals surface area contributed by atoms with Crippen molar-refractivity contribution in [2.24, 2.45) is 0 Å². The molecule has 8 nitrogen and oxygen atoms in total. The molecule has 2 aromatic heterocycles. The Morgan fingerprint density at radius 2 is 1.94 bits per heavy atom. The molecule has 4 aromatic rings. The fourth-order valence-corrected chi connectivity index (χ4v) is 7.46. The smallest absolute Gasteiger partial charge is 0.408 e. The van der Waals surface area contributed by atoms with Crippen molar-refractivity contribution in [3.63, 3.8) is 0 Å². The van der Waals surface area contributed by atoms with E-state index in [1.807, 2.05) is 12.1 Å². The Hall–Kier alpha value is -2.73. The van der Waals surface area contributed by atoms with Crippen LogP contribution in [0.3, 0.4) is 0 Å². The van der Waals surface area contributed by atoms with Crippen molar-refractivity contribution in [1.29, 1.82) is 0 Å². The third-order valence-electron chi connectivity index (χ3n) is 6.44. The molecule has 0 bridgehead atoms. The first-order valence-corrected chi connectivity index (χ1v) is 13.9. The Bertz CT molecular complexity index is 1520. The minimum atomic E-state index is -3.63. The van der Waals surface area contributed by atoms with Gasteiger partial charge in [-0.1, -0.05) is 6.07 Å². The van der Waals surface area contributed by atoms with E-state index in [0.29, 0.717) is 23.1 Å². The number of rotatable bonds is 8. The fourth-order valence-electron chi connectivity index (χ4n) is 4.59. The highest BCUT2D eigenvalue weighted by Crippen LogP contribution is 2.34. The monoisotopic (exact) mass is 518 g/mol. The van der Waals surface area contributed by atoms with Gasteiger partial charge in [-0.15, -0.1) is 11.3 Å². The summed E-state index contributed by atoms with van der Waals surface area (Å²) in [6, 6.07) is 10.0. The maximum Gasteiger partial charge on any atom is 0.417 e. The number of aromatic amines is 1. The Morgan fingerprint density at radius 1 is 1.14 bits per heavy atom. The molecule has 35 heavy (non-hydrogen) atoms. The number of anilines is 1. The average Bonchev–Trinajstić information content (AvgIpc) is 3.38. The van der Waals surface area contributed by atoms with Crippen LogP contribution in [0.5, 0.6) is 0 Å². The van der Waals surface area contributed by atoms with Crippen molar-refractivity contribution in [3.8, 4) is 0 Å². The zero-order valence-corrected chi connectivity index (χ0v) is 21.0. The number of aryl methyl sites for hydroxylation is 1. The number of nitrogens with zero attached hydrogens (tertiary/aromatic N) is 2. The normalized spacial score (nSPS) is 15.4. The van der Waals surface area contributed by atoms with E-state index < -0.39 is 15.8 Å². The second kappa shape index (κ2) is 9.73. The molecule has 1 aliphatic rings. The van der Waals surface area contributed by atoms with Crippen LogP contribution in [0.1, 0.15) is 18.4 Å². The fraction of sp³-hybridized carbons (Fsp3) is 0.375. The van der Waals surface area contributed by atoms with Crippen molar-refractivity contribution in [2.75, 3.05) is 44.2 Å². The predicted octanol–water partition coefficient (Wildman–Crippen LogP) is 3.66. The molecule has 0 saturated carbocycles. The highest BCUT2D eigenvalue weighted by molar-refractivity contribution is 7.91. The van der Waals surface area contributed by atoms with Crippen LogP contribution in [0.25, 0.3) is 21.2 Å². The number of oxazole rings is 1. The van der Waals surface area contributed by atoms with Gasteiger partial charge >= 0.3 is 5.76 Å². The Balaban J connectivity index is 1.09. The van der Waals surface area contributed by atoms with Crippen molar-refractivity contribution in [2.45, 2.75) is 24.0 Å². The van der Waals surface area contributed by atoms with Crippen molar-refractivity contribution >= 4 is 48.2 Å². The molecule has 0 radical (unpaired) electrons. The molecule has 0 unspecified atom stereocenters. The van der Waals surface area contributed by atoms with E-state index >= 15 is 0 Å². The summed E-state index contributed by atoms with van der Waals surface area (Å²) in [5.41, 5.74) is 2.86. The molecule has 186 valence electrons. The molecule has 0 amide bonds. The van der Waals surface area contributed by atoms with Crippen LogP contribution < -0.4 is 15.4 Å². The van der Waals surface area contributed by atoms with E-state index in [1.165, 1.54) is 23.5 Å². The first-order chi connectivity index (χ1) is 16.8. The van der Waals surface area contributed by atoms with Gasteiger partial charge in [0.1, 0.15) is 15.5 Å². The molecule has 1 saturated heterocycles. The van der Waals surface area contributed by atoms with Gasteiger partial charge in [0.25, 0.3) is 0 Å². The lowest BCUT2D eigenvalue weighted by Crippen LogP contribution is -2.46. The van der Waals surface area contributed by atoms with Crippen LogP contribution in [0.4, 0.5) is 10.1 Å². The largest absolute Gasteiger partial charge is 0.417 e. The molecule has 5 rings (SSSR count). The van der Waals surface area contributed by atoms with E-state index in [9.17, 15) is 17.6 Å². The SMILES string of the molecule is Cc1c(S(=O)(=O)NCCCCN2CCN(c3cccc4oc(=O)[nH]c34)CC2)sc2ccc(F)cc12. The zero-order chi connectivity index (χ0) is 24.6. The summed E-state index contributed by atoms with van der Waals surface area (Å²) in [6.45, 7) is 6.43. The molecule has 2 N–H and O–H groups in total. The van der Waals surface area contributed by atoms with Gasteiger partial charge in [0.05, 0.1) is 5.69 Å². The number of fused-ring (bicyclic) bond motifs is 2. The Morgan fingerprint density at radius 3 is 2.74 bits per heavy atom. The molecular formula is C24H27FN4O4S2. The third-order valence-corrected chi connectivity index (χ3v) is 9.79. The van der Waals surface area contributed by atoms with E-state index in [0.717, 1.165) is 61.5 Å². The molecule has 3 heterocycles. The van der Waals surface area contributed by atoms with Gasteiger partial charge in [-0.3, -0.25) is 9.88 Å². The average molecular weight is 519 g/mol. The number of hydrogen-bond acceptors (Lipinski definition) is 7. The summed E-state index contributed by atoms with van der Waals surface area (Å²) in [4.78, 5) is 18.9. The second-order valence-corrected chi connectivity index (χ2v) is 11.8. The summed E-state index contributed by atoms with van der Waals surface area (Å²) in [7, 11) is -3.63. The molecule has 11 heteroatoms. The van der Waals surface area contributed by atoms with Crippen LogP contribution >= 0.6 is 11.3 Å². The van der Waals surface area contributed by atoms with Gasteiger partial charge in [0.15, 0.2) is 5.58 Å². The topological polar surface area (TPSA) is 98.7 Å². The number of thiophene rings is 1. The van der Waals surface area contributed by atoms with Crippen molar-refractivity contribution in [3.05, 3.63) is 58.3 Å². The first-order valence-electron chi connectivity index (χ1n) is 11.6. The zero-order valence-electron chi connectivity index (χ0n) is 19.3. The van der Waals surface area contributed by atoms with Crippen molar-refractivity contribution in [1.82, 2.24) is 14.6 Å². The third kappa shape index (κ3) is 4.99. The Labute approximate surface area is 206 Å². The second-order valence-electron chi connectivity index (χ2n) is 8.75. The van der Waals surface area contributed by atoms with E-state index in [-0.39, 0.29) is 10.0 Å². The van der Waals surface area contributed by atoms with Gasteiger partial charge in [0.2, 0.25) is 10.0 Å². The number of halogens is 1. The molecule has 0 atom stereocenters. The number of nitrogens with one attached hydrogen (secondary N) is 2. The predicted molar refractivity (Wildman–Crippen MR) is 136 cm³/mol. The highest BCUT2D eigenvalue weighted by Gasteiger charge is 2.22. The minimum Gasteiger partial charge on any atom is -0.408 e. The van der Waals surface area contributed by atoms with Crippen LogP contribution in [0, 0.1) is 12.7 Å². The summed E-state index contributed by atoms with van der Waals surface area (Å²) < 4.78 is 48.0. The van der Waals surface area contributed by atoms with E-state index in [2.05, 4.69) is 19.5 Å². The van der Waals surface area contributed by atoms with Crippen molar-refractivity contribution < 1.29 is 17.2 Å². The number of piperazine rings is 1. The van der Waals surface area contributed by atoms with Crippen LogP contribution in [0.15, 0.2) is 49.8 Å². The lowest BCUT2D eigenvalue weighted by Gasteiger charge is -2.36. The summed E-state index contributed by atoms with van der Waals surface area (Å²) in [5, 5.41) is 0.643. The minimum absolute atomic E-state index is 0.253. The lowest BCUT2D eigenvalue weighted by molar-refractivity contribution is 0.253. The van der Waals surface area contributed by atoms with Gasteiger partial charge in [-0.05, 0) is 67.6 Å². The van der Waals surface area contributed by atoms with Gasteiger partial charge in [0, 0.05) is 37.4 Å². The molecular weight excluding hydrogens is 491 g/mol. The molecule has 1 aliphatic heterocycles. The van der Waals surface area contributed by atoms with Crippen LogP contribution in [-0.2, 0) is 10.0 Å². The van der Waals surface area contributed by atoms with E-state index in [1.54, 1.807) is 19.1 Å². The number of para-hydroxylation sites is 1. The lowest BCUT2D eigenvalue weighted by atomic mass is 10.2. The molecule has 0 spiro atoms. The molecule has 2 aromatic carbocycles. The van der Waals surface area contributed by atoms with E-state index in [4.69, 9.17) is 4.42 Å². The van der Waals surface area contributed by atoms with Gasteiger partial charge < -0.3 is 9.32 Å². The number of sulfonamides is 1.